The molecule has 5 rings (SSSR count). The van der Waals surface area contributed by atoms with E-state index in [0.717, 1.165) is 28.0 Å². The van der Waals surface area contributed by atoms with E-state index in [1.54, 1.807) is 0 Å². The van der Waals surface area contributed by atoms with Gasteiger partial charge in [-0.25, -0.2) is 4.98 Å². The average Bonchev–Trinajstić information content (AvgIpc) is 3.41. The quantitative estimate of drug-likeness (QED) is 0.504. The van der Waals surface area contributed by atoms with Gasteiger partial charge in [0.1, 0.15) is 5.82 Å². The summed E-state index contributed by atoms with van der Waals surface area (Å²) in [6.45, 7) is 0. The maximum atomic E-state index is 5.84. The second-order valence-electron chi connectivity index (χ2n) is 7.60. The molecular weight excluding hydrogens is 364 g/mol. The molecule has 1 aliphatic carbocycles. The van der Waals surface area contributed by atoms with Crippen LogP contribution in [0.15, 0.2) is 47.0 Å². The Hall–Kier alpha value is -3.22. The first-order valence-corrected chi connectivity index (χ1v) is 10.3. The SMILES string of the molecule is c1ccc(-c2nnc(CCc3n[nH]c4ccnc(NC5CCCCC5)c34)o2)cc1. The van der Waals surface area contributed by atoms with Crippen LogP contribution in [0.3, 0.4) is 0 Å². The Labute approximate surface area is 169 Å². The number of hydrogen-bond donors (Lipinski definition) is 2. The van der Waals surface area contributed by atoms with Gasteiger partial charge in [0.05, 0.1) is 16.6 Å². The van der Waals surface area contributed by atoms with Crippen LogP contribution in [0.1, 0.15) is 43.7 Å². The molecule has 0 radical (unpaired) electrons. The van der Waals surface area contributed by atoms with Crippen molar-refractivity contribution in [2.24, 2.45) is 0 Å². The number of aromatic nitrogens is 5. The highest BCUT2D eigenvalue weighted by molar-refractivity contribution is 5.91. The van der Waals surface area contributed by atoms with Crippen LogP contribution in [0.5, 0.6) is 0 Å². The van der Waals surface area contributed by atoms with Crippen molar-refractivity contribution in [2.45, 2.75) is 51.0 Å². The topological polar surface area (TPSA) is 92.5 Å². The van der Waals surface area contributed by atoms with Gasteiger partial charge in [-0.2, -0.15) is 5.10 Å². The molecule has 0 aliphatic heterocycles. The predicted octanol–water partition coefficient (Wildman–Crippen LogP) is 4.54. The number of nitrogens with zero attached hydrogens (tertiary/aromatic N) is 4. The van der Waals surface area contributed by atoms with Crippen molar-refractivity contribution in [2.75, 3.05) is 5.32 Å². The van der Waals surface area contributed by atoms with Gasteiger partial charge in [-0.3, -0.25) is 5.10 Å². The van der Waals surface area contributed by atoms with Gasteiger partial charge in [0.25, 0.3) is 0 Å². The first-order chi connectivity index (χ1) is 14.4. The maximum Gasteiger partial charge on any atom is 0.247 e. The molecule has 0 spiro atoms. The lowest BCUT2D eigenvalue weighted by Gasteiger charge is -2.23. The molecule has 1 aliphatic rings. The van der Waals surface area contributed by atoms with E-state index in [-0.39, 0.29) is 0 Å². The van der Waals surface area contributed by atoms with Gasteiger partial charge in [-0.15, -0.1) is 10.2 Å². The summed E-state index contributed by atoms with van der Waals surface area (Å²) in [5.74, 6) is 2.09. The number of nitrogens with one attached hydrogen (secondary N) is 2. The fourth-order valence-corrected chi connectivity index (χ4v) is 4.04. The number of fused-ring (bicyclic) bond motifs is 1. The summed E-state index contributed by atoms with van der Waals surface area (Å²) in [5.41, 5.74) is 2.91. The number of rotatable bonds is 6. The fourth-order valence-electron chi connectivity index (χ4n) is 4.04. The monoisotopic (exact) mass is 388 g/mol. The Morgan fingerprint density at radius 2 is 1.86 bits per heavy atom. The van der Waals surface area contributed by atoms with E-state index in [1.165, 1.54) is 32.1 Å². The molecule has 3 aromatic heterocycles. The highest BCUT2D eigenvalue weighted by Crippen LogP contribution is 2.28. The van der Waals surface area contributed by atoms with Crippen LogP contribution in [0, 0.1) is 0 Å². The van der Waals surface area contributed by atoms with Crippen molar-refractivity contribution >= 4 is 16.7 Å². The van der Waals surface area contributed by atoms with Crippen LogP contribution < -0.4 is 5.32 Å². The van der Waals surface area contributed by atoms with E-state index >= 15 is 0 Å². The molecule has 3 heterocycles. The van der Waals surface area contributed by atoms with Crippen LogP contribution in [0.2, 0.25) is 0 Å². The van der Waals surface area contributed by atoms with Gasteiger partial charge in [0, 0.05) is 30.6 Å². The van der Waals surface area contributed by atoms with Gasteiger partial charge in [0.2, 0.25) is 11.8 Å². The molecule has 0 amide bonds. The maximum absolute atomic E-state index is 5.84. The average molecular weight is 388 g/mol. The third-order valence-electron chi connectivity index (χ3n) is 5.56. The van der Waals surface area contributed by atoms with Crippen LogP contribution in [-0.2, 0) is 12.8 Å². The summed E-state index contributed by atoms with van der Waals surface area (Å²) in [5, 5.41) is 20.8. The molecule has 148 valence electrons. The summed E-state index contributed by atoms with van der Waals surface area (Å²) in [4.78, 5) is 4.61. The summed E-state index contributed by atoms with van der Waals surface area (Å²) in [7, 11) is 0. The Morgan fingerprint density at radius 1 is 1.00 bits per heavy atom. The van der Waals surface area contributed by atoms with E-state index in [1.807, 2.05) is 42.6 Å². The van der Waals surface area contributed by atoms with E-state index in [9.17, 15) is 0 Å². The largest absolute Gasteiger partial charge is 0.421 e. The Bertz CT molecular complexity index is 1080. The third-order valence-corrected chi connectivity index (χ3v) is 5.56. The van der Waals surface area contributed by atoms with Crippen molar-refractivity contribution in [3.8, 4) is 11.5 Å². The van der Waals surface area contributed by atoms with E-state index in [4.69, 9.17) is 4.42 Å². The van der Waals surface area contributed by atoms with Crippen molar-refractivity contribution in [1.29, 1.82) is 0 Å². The lowest BCUT2D eigenvalue weighted by Crippen LogP contribution is -2.23. The molecule has 0 atom stereocenters. The molecule has 1 saturated carbocycles. The van der Waals surface area contributed by atoms with E-state index in [0.29, 0.717) is 30.7 Å². The molecule has 29 heavy (non-hydrogen) atoms. The van der Waals surface area contributed by atoms with Gasteiger partial charge in [-0.1, -0.05) is 37.5 Å². The first kappa shape index (κ1) is 17.8. The summed E-state index contributed by atoms with van der Waals surface area (Å²) >= 11 is 0. The van der Waals surface area contributed by atoms with Gasteiger partial charge < -0.3 is 9.73 Å². The van der Waals surface area contributed by atoms with Gasteiger partial charge in [0.15, 0.2) is 0 Å². The summed E-state index contributed by atoms with van der Waals surface area (Å²) < 4.78 is 5.84. The molecule has 1 fully saturated rings. The smallest absolute Gasteiger partial charge is 0.247 e. The minimum absolute atomic E-state index is 0.494. The van der Waals surface area contributed by atoms with Crippen LogP contribution in [0.4, 0.5) is 5.82 Å². The zero-order valence-corrected chi connectivity index (χ0v) is 16.3. The highest BCUT2D eigenvalue weighted by Gasteiger charge is 2.18. The van der Waals surface area contributed by atoms with Crippen molar-refractivity contribution in [3.05, 3.63) is 54.2 Å². The zero-order chi connectivity index (χ0) is 19.5. The predicted molar refractivity (Wildman–Crippen MR) is 112 cm³/mol. The molecule has 7 heteroatoms. The Morgan fingerprint density at radius 3 is 2.72 bits per heavy atom. The Kier molecular flexibility index (Phi) is 4.94. The lowest BCUT2D eigenvalue weighted by atomic mass is 9.95. The molecule has 0 unspecified atom stereocenters. The minimum Gasteiger partial charge on any atom is -0.421 e. The number of hydrogen-bond acceptors (Lipinski definition) is 6. The van der Waals surface area contributed by atoms with Crippen molar-refractivity contribution < 1.29 is 4.42 Å². The second-order valence-corrected chi connectivity index (χ2v) is 7.60. The lowest BCUT2D eigenvalue weighted by molar-refractivity contribution is 0.462. The summed E-state index contributed by atoms with van der Waals surface area (Å²) in [6, 6.07) is 12.3. The normalized spacial score (nSPS) is 15.0. The van der Waals surface area contributed by atoms with E-state index in [2.05, 4.69) is 30.7 Å². The second kappa shape index (κ2) is 8.03. The van der Waals surface area contributed by atoms with Crippen LogP contribution >= 0.6 is 0 Å². The number of aromatic amines is 1. The number of benzene rings is 1. The highest BCUT2D eigenvalue weighted by atomic mass is 16.4. The third kappa shape index (κ3) is 3.85. The van der Waals surface area contributed by atoms with Gasteiger partial charge in [-0.05, 0) is 31.0 Å². The Balaban J connectivity index is 1.34. The first-order valence-electron chi connectivity index (χ1n) is 10.3. The number of aryl methyl sites for hydroxylation is 2. The molecular formula is C22H24N6O. The minimum atomic E-state index is 0.494. The van der Waals surface area contributed by atoms with Crippen LogP contribution in [-0.4, -0.2) is 31.4 Å². The standard InChI is InChI=1S/C22H24N6O/c1-3-7-15(8-4-1)22-28-27-19(29-22)12-11-17-20-18(26-25-17)13-14-23-21(20)24-16-9-5-2-6-10-16/h1,3-4,7-8,13-14,16H,2,5-6,9-12H2,(H,23,24)(H,25,26). The number of H-pyrrole nitrogens is 1. The summed E-state index contributed by atoms with van der Waals surface area (Å²) in [6.07, 6.45) is 9.49. The molecule has 1 aromatic carbocycles. The fraction of sp³-hybridized carbons (Fsp3) is 0.364. The molecule has 4 aromatic rings. The van der Waals surface area contributed by atoms with Crippen LogP contribution in [0.25, 0.3) is 22.4 Å². The van der Waals surface area contributed by atoms with E-state index < -0.39 is 0 Å². The van der Waals surface area contributed by atoms with Gasteiger partial charge >= 0.3 is 0 Å². The molecule has 2 N–H and O–H groups in total. The molecule has 0 saturated heterocycles. The molecule has 7 nitrogen and oxygen atoms in total. The zero-order valence-electron chi connectivity index (χ0n) is 16.3. The molecule has 0 bridgehead atoms. The van der Waals surface area contributed by atoms with Crippen molar-refractivity contribution in [1.82, 2.24) is 25.4 Å². The van der Waals surface area contributed by atoms with Crippen molar-refractivity contribution in [3.63, 3.8) is 0 Å². The number of pyridine rings is 1. The number of anilines is 1.